The molecule has 190 valence electrons. The zero-order valence-corrected chi connectivity index (χ0v) is 21.8. The quantitative estimate of drug-likeness (QED) is 0.308. The van der Waals surface area contributed by atoms with Crippen LogP contribution >= 0.6 is 11.3 Å². The predicted octanol–water partition coefficient (Wildman–Crippen LogP) is 6.24. The minimum absolute atomic E-state index is 0.0811. The second-order valence-electron chi connectivity index (χ2n) is 10.4. The van der Waals surface area contributed by atoms with Crippen LogP contribution in [0.4, 0.5) is 0 Å². The lowest BCUT2D eigenvalue weighted by Gasteiger charge is -2.25. The van der Waals surface area contributed by atoms with Crippen molar-refractivity contribution in [1.29, 1.82) is 0 Å². The summed E-state index contributed by atoms with van der Waals surface area (Å²) in [5.74, 6) is 0.945. The summed E-state index contributed by atoms with van der Waals surface area (Å²) in [5, 5.41) is 20.5. The number of ketones is 1. The molecule has 3 aromatic carbocycles. The highest BCUT2D eigenvalue weighted by atomic mass is 32.1. The van der Waals surface area contributed by atoms with Gasteiger partial charge in [0, 0.05) is 44.5 Å². The van der Waals surface area contributed by atoms with Crippen LogP contribution in [0.3, 0.4) is 0 Å². The van der Waals surface area contributed by atoms with Gasteiger partial charge < -0.3 is 19.8 Å². The number of phenols is 2. The van der Waals surface area contributed by atoms with Crippen molar-refractivity contribution >= 4 is 33.1 Å². The number of thiophene rings is 1. The molecule has 6 nitrogen and oxygen atoms in total. The lowest BCUT2D eigenvalue weighted by molar-refractivity contribution is -0.138. The molecule has 1 amide bonds. The van der Waals surface area contributed by atoms with E-state index in [1.165, 1.54) is 11.3 Å². The van der Waals surface area contributed by atoms with Crippen molar-refractivity contribution in [3.8, 4) is 27.7 Å². The van der Waals surface area contributed by atoms with E-state index in [2.05, 4.69) is 0 Å². The summed E-state index contributed by atoms with van der Waals surface area (Å²) in [6.45, 7) is 7.00. The smallest absolute Gasteiger partial charge is 0.228 e. The molecule has 1 atom stereocenters. The van der Waals surface area contributed by atoms with Crippen molar-refractivity contribution in [2.75, 3.05) is 13.1 Å². The molecule has 0 aliphatic carbocycles. The monoisotopic (exact) mass is 515 g/mol. The number of fused-ring (bicyclic) bond motifs is 1. The largest absolute Gasteiger partial charge is 0.508 e. The van der Waals surface area contributed by atoms with E-state index in [0.29, 0.717) is 30.0 Å². The fourth-order valence-corrected chi connectivity index (χ4v) is 5.87. The second kappa shape index (κ2) is 9.56. The Morgan fingerprint density at radius 1 is 0.946 bits per heavy atom. The topological polar surface area (TPSA) is 87.1 Å². The minimum atomic E-state index is -0.416. The van der Waals surface area contributed by atoms with Crippen molar-refractivity contribution in [3.63, 3.8) is 0 Å². The van der Waals surface area contributed by atoms with Crippen LogP contribution in [-0.4, -0.2) is 46.0 Å². The summed E-state index contributed by atoms with van der Waals surface area (Å²) in [7, 11) is 0. The highest BCUT2D eigenvalue weighted by molar-refractivity contribution is 7.22. The average molecular weight is 516 g/mol. The number of nitrogens with zero attached hydrogens (tertiary/aromatic N) is 1. The number of carbonyl (C=O) groups is 2. The molecule has 1 aromatic heterocycles. The van der Waals surface area contributed by atoms with Gasteiger partial charge in [-0.2, -0.15) is 0 Å². The Morgan fingerprint density at radius 3 is 2.30 bits per heavy atom. The molecule has 0 unspecified atom stereocenters. The fraction of sp³-hybridized carbons (Fsp3) is 0.267. The third-order valence-electron chi connectivity index (χ3n) is 6.52. The molecule has 4 aromatic rings. The average Bonchev–Trinajstić information content (AvgIpc) is 3.48. The second-order valence-corrected chi connectivity index (χ2v) is 11.5. The number of ether oxygens (including phenoxy) is 1. The van der Waals surface area contributed by atoms with Gasteiger partial charge in [0.05, 0.1) is 6.54 Å². The Hall–Kier alpha value is -3.84. The van der Waals surface area contributed by atoms with E-state index < -0.39 is 5.41 Å². The number of hydrogen-bond donors (Lipinski definition) is 2. The minimum Gasteiger partial charge on any atom is -0.508 e. The zero-order valence-electron chi connectivity index (χ0n) is 21.0. The summed E-state index contributed by atoms with van der Waals surface area (Å²) < 4.78 is 6.93. The highest BCUT2D eigenvalue weighted by Gasteiger charge is 2.33. The molecule has 5 rings (SSSR count). The van der Waals surface area contributed by atoms with E-state index in [1.54, 1.807) is 66.7 Å². The lowest BCUT2D eigenvalue weighted by Crippen LogP contribution is -2.38. The Balaban J connectivity index is 1.39. The van der Waals surface area contributed by atoms with Crippen molar-refractivity contribution in [3.05, 3.63) is 77.9 Å². The summed E-state index contributed by atoms with van der Waals surface area (Å²) in [4.78, 5) is 28.9. The molecule has 1 saturated heterocycles. The van der Waals surface area contributed by atoms with Crippen LogP contribution in [0.5, 0.6) is 17.2 Å². The molecule has 2 heterocycles. The van der Waals surface area contributed by atoms with E-state index in [-0.39, 0.29) is 29.3 Å². The van der Waals surface area contributed by atoms with Crippen LogP contribution < -0.4 is 4.74 Å². The Labute approximate surface area is 219 Å². The molecule has 1 fully saturated rings. The summed E-state index contributed by atoms with van der Waals surface area (Å²) in [6.07, 6.45) is 0.689. The Kier molecular flexibility index (Phi) is 6.42. The maximum absolute atomic E-state index is 13.7. The van der Waals surface area contributed by atoms with Gasteiger partial charge in [0.1, 0.15) is 23.4 Å². The van der Waals surface area contributed by atoms with E-state index in [4.69, 9.17) is 4.74 Å². The predicted molar refractivity (Wildman–Crippen MR) is 146 cm³/mol. The Morgan fingerprint density at radius 2 is 1.62 bits per heavy atom. The molecule has 0 spiro atoms. The van der Waals surface area contributed by atoms with Crippen LogP contribution in [0, 0.1) is 5.41 Å². The summed E-state index contributed by atoms with van der Waals surface area (Å²) in [5.41, 5.74) is 1.49. The van der Waals surface area contributed by atoms with Crippen molar-refractivity contribution in [2.45, 2.75) is 33.3 Å². The Bertz CT molecular complexity index is 1470. The molecule has 1 aliphatic rings. The third kappa shape index (κ3) is 5.04. The fourth-order valence-electron chi connectivity index (χ4n) is 4.63. The van der Waals surface area contributed by atoms with E-state index in [9.17, 15) is 19.8 Å². The molecular formula is C30H29NO5S. The van der Waals surface area contributed by atoms with Gasteiger partial charge in [-0.25, -0.2) is 0 Å². The van der Waals surface area contributed by atoms with Crippen LogP contribution in [0.15, 0.2) is 66.7 Å². The van der Waals surface area contributed by atoms with Gasteiger partial charge in [-0.05, 0) is 72.3 Å². The number of benzene rings is 3. The lowest BCUT2D eigenvalue weighted by atomic mass is 9.95. The SMILES string of the molecule is CC(C)(C)C(=O)N1CC[C@@H](Oc2ccc(C(=O)c3c(-c4ccc(O)cc4)sc4cc(O)ccc34)cc2)C1. The maximum Gasteiger partial charge on any atom is 0.228 e. The van der Waals surface area contributed by atoms with E-state index in [1.807, 2.05) is 25.7 Å². The molecular weight excluding hydrogens is 486 g/mol. The van der Waals surface area contributed by atoms with Gasteiger partial charge in [-0.3, -0.25) is 9.59 Å². The number of hydrogen-bond acceptors (Lipinski definition) is 6. The van der Waals surface area contributed by atoms with Gasteiger partial charge in [-0.15, -0.1) is 11.3 Å². The zero-order chi connectivity index (χ0) is 26.3. The number of carbonyl (C=O) groups excluding carboxylic acids is 2. The van der Waals surface area contributed by atoms with Crippen LogP contribution in [0.2, 0.25) is 0 Å². The molecule has 37 heavy (non-hydrogen) atoms. The number of aromatic hydroxyl groups is 2. The summed E-state index contributed by atoms with van der Waals surface area (Å²) in [6, 6.07) is 18.9. The normalized spacial score (nSPS) is 15.8. The molecule has 7 heteroatoms. The molecule has 0 saturated carbocycles. The first-order valence-corrected chi connectivity index (χ1v) is 13.1. The molecule has 2 N–H and O–H groups in total. The summed E-state index contributed by atoms with van der Waals surface area (Å²) >= 11 is 1.43. The van der Waals surface area contributed by atoms with Crippen LogP contribution in [-0.2, 0) is 4.79 Å². The first-order valence-electron chi connectivity index (χ1n) is 12.3. The maximum atomic E-state index is 13.7. The van der Waals surface area contributed by atoms with Crippen LogP contribution in [0.1, 0.15) is 43.1 Å². The number of rotatable bonds is 5. The van der Waals surface area contributed by atoms with Gasteiger partial charge >= 0.3 is 0 Å². The number of likely N-dealkylation sites (tertiary alicyclic amines) is 1. The van der Waals surface area contributed by atoms with Gasteiger partial charge in [0.15, 0.2) is 5.78 Å². The van der Waals surface area contributed by atoms with Crippen molar-refractivity contribution in [2.24, 2.45) is 5.41 Å². The molecule has 0 bridgehead atoms. The first-order chi connectivity index (χ1) is 17.6. The van der Waals surface area contributed by atoms with Gasteiger partial charge in [-0.1, -0.05) is 20.8 Å². The third-order valence-corrected chi connectivity index (χ3v) is 7.72. The standard InChI is InChI=1S/C30H29NO5S/c1-30(2,3)29(35)31-15-14-23(17-31)36-22-11-6-18(7-12-22)27(34)26-24-13-10-21(33)16-25(24)37-28(26)19-4-8-20(32)9-5-19/h4-13,16,23,32-33H,14-15,17H2,1-3H3/t23-/m1/s1. The first kappa shape index (κ1) is 24.8. The van der Waals surface area contributed by atoms with E-state index >= 15 is 0 Å². The highest BCUT2D eigenvalue weighted by Crippen LogP contribution is 2.41. The number of amides is 1. The number of phenolic OH excluding ortho intramolecular Hbond substituents is 2. The van der Waals surface area contributed by atoms with E-state index in [0.717, 1.165) is 26.9 Å². The van der Waals surface area contributed by atoms with Crippen molar-refractivity contribution in [1.82, 2.24) is 4.90 Å². The van der Waals surface area contributed by atoms with Gasteiger partial charge in [0.2, 0.25) is 5.91 Å². The van der Waals surface area contributed by atoms with Crippen molar-refractivity contribution < 1.29 is 24.5 Å². The van der Waals surface area contributed by atoms with Gasteiger partial charge in [0.25, 0.3) is 0 Å². The van der Waals surface area contributed by atoms with Crippen LogP contribution in [0.25, 0.3) is 20.5 Å². The molecule has 1 aliphatic heterocycles. The molecule has 0 radical (unpaired) electrons.